The molecule has 1 saturated carbocycles. The Hall–Kier alpha value is -0.530. The van der Waals surface area contributed by atoms with Gasteiger partial charge in [0, 0.05) is 19.5 Å². The van der Waals surface area contributed by atoms with Crippen molar-refractivity contribution in [2.45, 2.75) is 13.8 Å². The standard InChI is InChI=1S/C8H13NO/c1-8(2)5-4-9(3)7(10)6(5)8/h5-6H,4H2,1-3H3/t5-,6-/m0/s1. The Morgan fingerprint density at radius 3 is 2.50 bits per heavy atom. The van der Waals surface area contributed by atoms with E-state index in [2.05, 4.69) is 13.8 Å². The highest BCUT2D eigenvalue weighted by molar-refractivity contribution is 5.85. The lowest BCUT2D eigenvalue weighted by molar-refractivity contribution is -0.129. The maximum atomic E-state index is 11.3. The molecule has 0 aromatic heterocycles. The average molecular weight is 139 g/mol. The highest BCUT2D eigenvalue weighted by Crippen LogP contribution is 2.62. The van der Waals surface area contributed by atoms with Crippen molar-refractivity contribution in [3.8, 4) is 0 Å². The largest absolute Gasteiger partial charge is 0.345 e. The lowest BCUT2D eigenvalue weighted by Crippen LogP contribution is -2.27. The molecule has 0 spiro atoms. The van der Waals surface area contributed by atoms with Crippen molar-refractivity contribution in [2.75, 3.05) is 13.6 Å². The molecule has 1 aliphatic carbocycles. The zero-order valence-corrected chi connectivity index (χ0v) is 6.72. The van der Waals surface area contributed by atoms with E-state index >= 15 is 0 Å². The van der Waals surface area contributed by atoms with Gasteiger partial charge in [-0.15, -0.1) is 0 Å². The van der Waals surface area contributed by atoms with Crippen LogP contribution in [-0.2, 0) is 4.79 Å². The summed E-state index contributed by atoms with van der Waals surface area (Å²) in [5.41, 5.74) is 0.323. The fourth-order valence-electron chi connectivity index (χ4n) is 2.20. The first-order chi connectivity index (χ1) is 4.55. The molecule has 0 aromatic carbocycles. The highest BCUT2D eigenvalue weighted by atomic mass is 16.2. The second-order valence-corrected chi connectivity index (χ2v) is 4.12. The molecule has 2 nitrogen and oxygen atoms in total. The highest BCUT2D eigenvalue weighted by Gasteiger charge is 2.66. The molecular formula is C8H13NO. The number of carbonyl (C=O) groups is 1. The van der Waals surface area contributed by atoms with Gasteiger partial charge in [0.1, 0.15) is 0 Å². The quantitative estimate of drug-likeness (QED) is 0.484. The molecule has 0 radical (unpaired) electrons. The van der Waals surface area contributed by atoms with E-state index in [1.54, 1.807) is 0 Å². The van der Waals surface area contributed by atoms with Crippen LogP contribution in [0.25, 0.3) is 0 Å². The van der Waals surface area contributed by atoms with Gasteiger partial charge < -0.3 is 4.90 Å². The molecule has 0 bridgehead atoms. The Morgan fingerprint density at radius 2 is 2.20 bits per heavy atom. The van der Waals surface area contributed by atoms with Gasteiger partial charge in [0.15, 0.2) is 0 Å². The zero-order valence-electron chi connectivity index (χ0n) is 6.72. The van der Waals surface area contributed by atoms with E-state index in [0.717, 1.165) is 6.54 Å². The van der Waals surface area contributed by atoms with Crippen LogP contribution in [0.1, 0.15) is 13.8 Å². The monoisotopic (exact) mass is 139 g/mol. The van der Waals surface area contributed by atoms with Crippen LogP contribution in [0.5, 0.6) is 0 Å². The van der Waals surface area contributed by atoms with Crippen LogP contribution in [0.15, 0.2) is 0 Å². The molecule has 2 heteroatoms. The number of nitrogens with zero attached hydrogens (tertiary/aromatic N) is 1. The van der Waals surface area contributed by atoms with Crippen molar-refractivity contribution < 1.29 is 4.79 Å². The molecule has 1 amide bonds. The fourth-order valence-corrected chi connectivity index (χ4v) is 2.20. The molecule has 0 unspecified atom stereocenters. The Labute approximate surface area is 61.2 Å². The molecule has 1 aliphatic heterocycles. The molecule has 0 N–H and O–H groups in total. The predicted molar refractivity (Wildman–Crippen MR) is 38.4 cm³/mol. The molecule has 0 aromatic rings. The Bertz CT molecular complexity index is 197. The molecule has 2 fully saturated rings. The van der Waals surface area contributed by atoms with Gasteiger partial charge >= 0.3 is 0 Å². The number of fused-ring (bicyclic) bond motifs is 1. The SMILES string of the molecule is CN1C[C@H]2[C@@H](C1=O)C2(C)C. The summed E-state index contributed by atoms with van der Waals surface area (Å²) >= 11 is 0. The van der Waals surface area contributed by atoms with Gasteiger partial charge in [-0.2, -0.15) is 0 Å². The summed E-state index contributed by atoms with van der Waals surface area (Å²) in [6.45, 7) is 5.36. The van der Waals surface area contributed by atoms with Crippen molar-refractivity contribution in [3.05, 3.63) is 0 Å². The van der Waals surface area contributed by atoms with Crippen LogP contribution in [0.2, 0.25) is 0 Å². The normalized spacial score (nSPS) is 41.9. The molecule has 1 saturated heterocycles. The van der Waals surface area contributed by atoms with Crippen molar-refractivity contribution >= 4 is 5.91 Å². The number of hydrogen-bond acceptors (Lipinski definition) is 1. The van der Waals surface area contributed by atoms with E-state index in [1.165, 1.54) is 0 Å². The van der Waals surface area contributed by atoms with Crippen molar-refractivity contribution in [1.29, 1.82) is 0 Å². The summed E-state index contributed by atoms with van der Waals surface area (Å²) in [4.78, 5) is 13.1. The van der Waals surface area contributed by atoms with E-state index in [1.807, 2.05) is 11.9 Å². The van der Waals surface area contributed by atoms with Gasteiger partial charge in [-0.1, -0.05) is 13.8 Å². The van der Waals surface area contributed by atoms with Crippen LogP contribution < -0.4 is 0 Å². The minimum atomic E-state index is 0.323. The minimum Gasteiger partial charge on any atom is -0.345 e. The number of piperidine rings is 1. The number of amides is 1. The van der Waals surface area contributed by atoms with Crippen molar-refractivity contribution in [2.24, 2.45) is 17.3 Å². The second kappa shape index (κ2) is 1.39. The molecule has 56 valence electrons. The van der Waals surface area contributed by atoms with E-state index < -0.39 is 0 Å². The minimum absolute atomic E-state index is 0.323. The maximum absolute atomic E-state index is 11.3. The Balaban J connectivity index is 2.21. The second-order valence-electron chi connectivity index (χ2n) is 4.12. The summed E-state index contributed by atoms with van der Waals surface area (Å²) in [5.74, 6) is 1.37. The third kappa shape index (κ3) is 0.482. The summed E-state index contributed by atoms with van der Waals surface area (Å²) in [7, 11) is 1.89. The lowest BCUT2D eigenvalue weighted by atomic mass is 10.1. The molecular weight excluding hydrogens is 126 g/mol. The van der Waals surface area contributed by atoms with Crippen LogP contribution in [0.4, 0.5) is 0 Å². The predicted octanol–water partition coefficient (Wildman–Crippen LogP) is 0.731. The van der Waals surface area contributed by atoms with E-state index in [4.69, 9.17) is 0 Å². The van der Waals surface area contributed by atoms with Gasteiger partial charge in [-0.25, -0.2) is 0 Å². The first kappa shape index (κ1) is 6.20. The van der Waals surface area contributed by atoms with Crippen LogP contribution >= 0.6 is 0 Å². The van der Waals surface area contributed by atoms with Crippen molar-refractivity contribution in [3.63, 3.8) is 0 Å². The number of likely N-dealkylation sites (tertiary alicyclic amines) is 1. The van der Waals surface area contributed by atoms with Gasteiger partial charge in [0.25, 0.3) is 0 Å². The third-order valence-corrected chi connectivity index (χ3v) is 3.16. The first-order valence-electron chi connectivity index (χ1n) is 3.80. The summed E-state index contributed by atoms with van der Waals surface area (Å²) in [5, 5.41) is 0. The van der Waals surface area contributed by atoms with Crippen LogP contribution in [0, 0.1) is 17.3 Å². The molecule has 2 rings (SSSR count). The molecule has 2 atom stereocenters. The van der Waals surface area contributed by atoms with Crippen LogP contribution in [0.3, 0.4) is 0 Å². The Kier molecular flexibility index (Phi) is 0.859. The Morgan fingerprint density at radius 1 is 1.60 bits per heavy atom. The number of hydrogen-bond donors (Lipinski definition) is 0. The fraction of sp³-hybridized carbons (Fsp3) is 0.875. The van der Waals surface area contributed by atoms with Gasteiger partial charge in [0.2, 0.25) is 5.91 Å². The van der Waals surface area contributed by atoms with Gasteiger partial charge in [-0.3, -0.25) is 4.79 Å². The molecule has 2 aliphatic rings. The topological polar surface area (TPSA) is 20.3 Å². The lowest BCUT2D eigenvalue weighted by Gasteiger charge is -2.16. The van der Waals surface area contributed by atoms with Gasteiger partial charge in [-0.05, 0) is 11.3 Å². The number of rotatable bonds is 0. The summed E-state index contributed by atoms with van der Waals surface area (Å²) < 4.78 is 0. The van der Waals surface area contributed by atoms with Crippen molar-refractivity contribution in [1.82, 2.24) is 4.90 Å². The third-order valence-electron chi connectivity index (χ3n) is 3.16. The van der Waals surface area contributed by atoms with E-state index in [-0.39, 0.29) is 0 Å². The number of carbonyl (C=O) groups excluding carboxylic acids is 1. The molecule has 1 heterocycles. The van der Waals surface area contributed by atoms with E-state index in [9.17, 15) is 4.79 Å². The van der Waals surface area contributed by atoms with Crippen LogP contribution in [-0.4, -0.2) is 24.4 Å². The first-order valence-corrected chi connectivity index (χ1v) is 3.80. The average Bonchev–Trinajstić information content (AvgIpc) is 2.12. The van der Waals surface area contributed by atoms with Gasteiger partial charge in [0.05, 0.1) is 0 Å². The summed E-state index contributed by atoms with van der Waals surface area (Å²) in [6.07, 6.45) is 0. The maximum Gasteiger partial charge on any atom is 0.226 e. The van der Waals surface area contributed by atoms with E-state index in [0.29, 0.717) is 23.2 Å². The zero-order chi connectivity index (χ0) is 7.52. The summed E-state index contributed by atoms with van der Waals surface area (Å²) in [6, 6.07) is 0. The smallest absolute Gasteiger partial charge is 0.226 e. The molecule has 10 heavy (non-hydrogen) atoms.